The Balaban J connectivity index is 2.25. The average molecular weight is 622 g/mol. The summed E-state index contributed by atoms with van der Waals surface area (Å²) in [5, 5.41) is 3.09. The number of esters is 1. The van der Waals surface area contributed by atoms with Crippen LogP contribution < -0.4 is 5.32 Å². The highest BCUT2D eigenvalue weighted by Crippen LogP contribution is 2.45. The minimum atomic E-state index is -1.87. The SMILES string of the molecule is CCCCNC(=O)C[C@@H](CC(CC[C@@H]1[C@@H]2C(=CC(C)CC2OC(=O)C(C)CC)C=C[C@@H]1C)O[Si](C)(C)C)O[Si](C)(C)C. The summed E-state index contributed by atoms with van der Waals surface area (Å²) in [6.07, 6.45) is 13.5. The number of amides is 1. The zero-order valence-electron chi connectivity index (χ0n) is 28.8. The first-order valence-corrected chi connectivity index (χ1v) is 23.6. The van der Waals surface area contributed by atoms with Gasteiger partial charge in [0.15, 0.2) is 16.6 Å². The maximum Gasteiger partial charge on any atom is 0.308 e. The number of unbranched alkanes of at least 4 members (excludes halogenated alkanes) is 1. The molecule has 6 nitrogen and oxygen atoms in total. The normalized spacial score (nSPS) is 26.5. The number of carbonyl (C=O) groups excluding carboxylic acids is 2. The third kappa shape index (κ3) is 12.8. The van der Waals surface area contributed by atoms with Crippen molar-refractivity contribution < 1.29 is 23.2 Å². The summed E-state index contributed by atoms with van der Waals surface area (Å²) in [4.78, 5) is 25.8. The number of fused-ring (bicyclic) bond motifs is 1. The van der Waals surface area contributed by atoms with Gasteiger partial charge in [0, 0.05) is 18.6 Å². The molecule has 0 aromatic rings. The molecule has 2 aliphatic rings. The van der Waals surface area contributed by atoms with E-state index in [0.717, 1.165) is 51.5 Å². The van der Waals surface area contributed by atoms with Gasteiger partial charge in [0.05, 0.1) is 18.4 Å². The number of allylic oxidation sites excluding steroid dienone is 3. The molecule has 0 bridgehead atoms. The lowest BCUT2D eigenvalue weighted by Crippen LogP contribution is -2.43. The van der Waals surface area contributed by atoms with Gasteiger partial charge in [0.25, 0.3) is 0 Å². The smallest absolute Gasteiger partial charge is 0.308 e. The Labute approximate surface area is 260 Å². The highest BCUT2D eigenvalue weighted by molar-refractivity contribution is 6.70. The van der Waals surface area contributed by atoms with Crippen molar-refractivity contribution in [3.8, 4) is 0 Å². The highest BCUT2D eigenvalue weighted by atomic mass is 28.4. The first-order chi connectivity index (χ1) is 19.5. The Morgan fingerprint density at radius 3 is 2.26 bits per heavy atom. The quantitative estimate of drug-likeness (QED) is 0.101. The molecule has 8 heteroatoms. The number of hydrogen-bond acceptors (Lipinski definition) is 5. The Hall–Kier alpha value is -1.23. The van der Waals surface area contributed by atoms with Crippen LogP contribution in [0, 0.1) is 29.6 Å². The fraction of sp³-hybridized carbons (Fsp3) is 0.824. The van der Waals surface area contributed by atoms with E-state index in [0.29, 0.717) is 24.2 Å². The monoisotopic (exact) mass is 621 g/mol. The third-order valence-corrected chi connectivity index (χ3v) is 10.6. The topological polar surface area (TPSA) is 73.9 Å². The van der Waals surface area contributed by atoms with Gasteiger partial charge in [-0.15, -0.1) is 0 Å². The maximum atomic E-state index is 12.9. The van der Waals surface area contributed by atoms with E-state index in [-0.39, 0.29) is 42.0 Å². The molecule has 8 atom stereocenters. The van der Waals surface area contributed by atoms with Gasteiger partial charge < -0.3 is 18.9 Å². The Morgan fingerprint density at radius 1 is 1.02 bits per heavy atom. The van der Waals surface area contributed by atoms with Gasteiger partial charge >= 0.3 is 5.97 Å². The fourth-order valence-corrected chi connectivity index (χ4v) is 8.80. The Bertz CT molecular complexity index is 922. The average Bonchev–Trinajstić information content (AvgIpc) is 2.85. The number of rotatable bonds is 17. The lowest BCUT2D eigenvalue weighted by molar-refractivity contribution is -0.158. The van der Waals surface area contributed by atoms with E-state index < -0.39 is 16.6 Å². The molecule has 0 saturated carbocycles. The summed E-state index contributed by atoms with van der Waals surface area (Å²) < 4.78 is 19.7. The van der Waals surface area contributed by atoms with Gasteiger partial charge in [-0.2, -0.15) is 0 Å². The Kier molecular flexibility index (Phi) is 14.7. The van der Waals surface area contributed by atoms with Crippen molar-refractivity contribution in [1.29, 1.82) is 0 Å². The zero-order chi connectivity index (χ0) is 31.7. The number of nitrogens with one attached hydrogen (secondary N) is 1. The van der Waals surface area contributed by atoms with E-state index in [4.69, 9.17) is 13.6 Å². The van der Waals surface area contributed by atoms with Crippen molar-refractivity contribution in [3.63, 3.8) is 0 Å². The molecule has 2 aliphatic carbocycles. The van der Waals surface area contributed by atoms with Crippen molar-refractivity contribution in [2.24, 2.45) is 29.6 Å². The van der Waals surface area contributed by atoms with Gasteiger partial charge in [-0.05, 0) is 101 Å². The van der Waals surface area contributed by atoms with E-state index in [9.17, 15) is 9.59 Å². The molecule has 0 heterocycles. The van der Waals surface area contributed by atoms with E-state index >= 15 is 0 Å². The maximum absolute atomic E-state index is 12.9. The molecule has 242 valence electrons. The van der Waals surface area contributed by atoms with Crippen molar-refractivity contribution >= 4 is 28.5 Å². The van der Waals surface area contributed by atoms with Crippen molar-refractivity contribution in [2.45, 2.75) is 144 Å². The molecule has 0 radical (unpaired) electrons. The Morgan fingerprint density at radius 2 is 1.67 bits per heavy atom. The molecule has 0 aliphatic heterocycles. The second kappa shape index (κ2) is 16.7. The van der Waals surface area contributed by atoms with E-state index in [1.54, 1.807) is 0 Å². The van der Waals surface area contributed by atoms with Crippen LogP contribution in [-0.2, 0) is 23.2 Å². The third-order valence-electron chi connectivity index (χ3n) is 8.53. The van der Waals surface area contributed by atoms with Crippen LogP contribution in [0.2, 0.25) is 39.3 Å². The van der Waals surface area contributed by atoms with Gasteiger partial charge in [-0.1, -0.05) is 59.3 Å². The minimum absolute atomic E-state index is 0.0237. The predicted octanol–water partition coefficient (Wildman–Crippen LogP) is 8.27. The molecular formula is C34H63NO5Si2. The van der Waals surface area contributed by atoms with E-state index in [2.05, 4.69) is 83.6 Å². The second-order valence-corrected chi connectivity index (χ2v) is 23.9. The van der Waals surface area contributed by atoms with Crippen LogP contribution in [0.4, 0.5) is 0 Å². The van der Waals surface area contributed by atoms with Crippen LogP contribution in [0.15, 0.2) is 23.8 Å². The lowest BCUT2D eigenvalue weighted by atomic mass is 9.65. The zero-order valence-corrected chi connectivity index (χ0v) is 30.8. The molecule has 0 saturated heterocycles. The van der Waals surface area contributed by atoms with Gasteiger partial charge in [-0.25, -0.2) is 0 Å². The second-order valence-electron chi connectivity index (χ2n) is 15.0. The minimum Gasteiger partial charge on any atom is -0.461 e. The molecule has 0 fully saturated rings. The van der Waals surface area contributed by atoms with E-state index in [1.807, 2.05) is 13.8 Å². The lowest BCUT2D eigenvalue weighted by Gasteiger charge is -2.43. The molecule has 1 N–H and O–H groups in total. The summed E-state index contributed by atoms with van der Waals surface area (Å²) in [5.74, 6) is 1.26. The first-order valence-electron chi connectivity index (χ1n) is 16.8. The first kappa shape index (κ1) is 37.0. The summed E-state index contributed by atoms with van der Waals surface area (Å²) in [5.41, 5.74) is 1.32. The molecule has 42 heavy (non-hydrogen) atoms. The van der Waals surface area contributed by atoms with Crippen LogP contribution >= 0.6 is 0 Å². The fourth-order valence-electron chi connectivity index (χ4n) is 6.41. The molecular weight excluding hydrogens is 559 g/mol. The van der Waals surface area contributed by atoms with Crippen LogP contribution in [0.5, 0.6) is 0 Å². The summed E-state index contributed by atoms with van der Waals surface area (Å²) in [6.45, 7) is 24.7. The van der Waals surface area contributed by atoms with Crippen LogP contribution in [0.25, 0.3) is 0 Å². The molecule has 4 unspecified atom stereocenters. The summed E-state index contributed by atoms with van der Waals surface area (Å²) in [6, 6.07) is 0. The van der Waals surface area contributed by atoms with E-state index in [1.165, 1.54) is 5.57 Å². The van der Waals surface area contributed by atoms with Crippen molar-refractivity contribution in [1.82, 2.24) is 5.32 Å². The largest absolute Gasteiger partial charge is 0.461 e. The van der Waals surface area contributed by atoms with Gasteiger partial charge in [0.2, 0.25) is 5.91 Å². The van der Waals surface area contributed by atoms with Gasteiger partial charge in [-0.3, -0.25) is 9.59 Å². The predicted molar refractivity (Wildman–Crippen MR) is 179 cm³/mol. The molecule has 0 aromatic carbocycles. The number of carbonyl (C=O) groups is 2. The molecule has 0 spiro atoms. The van der Waals surface area contributed by atoms with Crippen LogP contribution in [-0.4, -0.2) is 53.4 Å². The number of ether oxygens (including phenoxy) is 1. The molecule has 1 amide bonds. The molecule has 2 rings (SSSR count). The number of hydrogen-bond donors (Lipinski definition) is 1. The van der Waals surface area contributed by atoms with Gasteiger partial charge in [0.1, 0.15) is 6.10 Å². The van der Waals surface area contributed by atoms with Crippen molar-refractivity contribution in [2.75, 3.05) is 6.54 Å². The standard InChI is InChI=1S/C34H63NO5Si2/c1-12-14-19-35-32(36)23-29(40-42(9,10)11)22-28(39-41(6,7)8)17-18-30-26(5)15-16-27-20-24(3)21-31(33(27)30)38-34(37)25(4)13-2/h15-16,20,24-26,28-31,33H,12-14,17-19,21-23H2,1-11H3,(H,35,36)/t24?,25?,26-,28?,29+,30-,31?,33-/m0/s1. The summed E-state index contributed by atoms with van der Waals surface area (Å²) >= 11 is 0. The van der Waals surface area contributed by atoms with Crippen LogP contribution in [0.3, 0.4) is 0 Å². The highest BCUT2D eigenvalue weighted by Gasteiger charge is 2.42. The molecule has 0 aromatic heterocycles. The van der Waals surface area contributed by atoms with Crippen molar-refractivity contribution in [3.05, 3.63) is 23.8 Å². The summed E-state index contributed by atoms with van der Waals surface area (Å²) in [7, 11) is -3.72. The van der Waals surface area contributed by atoms with Crippen LogP contribution in [0.1, 0.15) is 86.0 Å².